The molecule has 0 fully saturated rings. The zero-order valence-electron chi connectivity index (χ0n) is 15.0. The first-order chi connectivity index (χ1) is 13.8. The molecule has 10 heteroatoms. The summed E-state index contributed by atoms with van der Waals surface area (Å²) in [5.74, 6) is -0.931. The molecule has 29 heavy (non-hydrogen) atoms. The minimum absolute atomic E-state index is 0.0234. The van der Waals surface area contributed by atoms with Gasteiger partial charge in [0.2, 0.25) is 0 Å². The molecule has 1 N–H and O–H groups in total. The molecule has 0 atom stereocenters. The molecule has 3 aromatic rings. The second kappa shape index (κ2) is 7.25. The minimum atomic E-state index is -3.84. The summed E-state index contributed by atoms with van der Waals surface area (Å²) < 4.78 is 28.0. The van der Waals surface area contributed by atoms with Crippen LogP contribution in [0.5, 0.6) is 0 Å². The number of thiophene rings is 1. The molecule has 4 rings (SSSR count). The Bertz CT molecular complexity index is 1220. The Labute approximate surface area is 176 Å². The van der Waals surface area contributed by atoms with Crippen LogP contribution in [0.3, 0.4) is 0 Å². The number of fused-ring (bicyclic) bond motifs is 1. The fourth-order valence-electron chi connectivity index (χ4n) is 2.90. The maximum absolute atomic E-state index is 12.7. The standard InChI is InChI=1S/C19H14ClN3O4S2/c1-11-4-5-12(20)9-15(11)22-29(26,27)16-7-6-13(28-16)10-23-18(24)14-3-2-8-21-17(14)19(23)25/h2-9,22H,10H2,1H3. The molecular weight excluding hydrogens is 434 g/mol. The van der Waals surface area contributed by atoms with Gasteiger partial charge in [-0.3, -0.25) is 24.2 Å². The lowest BCUT2D eigenvalue weighted by atomic mass is 10.2. The molecule has 0 aliphatic carbocycles. The van der Waals surface area contributed by atoms with Crippen LogP contribution in [0.15, 0.2) is 52.9 Å². The highest BCUT2D eigenvalue weighted by molar-refractivity contribution is 7.94. The number of carbonyl (C=O) groups is 2. The van der Waals surface area contributed by atoms with Gasteiger partial charge < -0.3 is 0 Å². The van der Waals surface area contributed by atoms with E-state index in [9.17, 15) is 18.0 Å². The number of nitrogens with zero attached hydrogens (tertiary/aromatic N) is 2. The van der Waals surface area contributed by atoms with Crippen LogP contribution >= 0.6 is 22.9 Å². The van der Waals surface area contributed by atoms with Crippen molar-refractivity contribution < 1.29 is 18.0 Å². The van der Waals surface area contributed by atoms with E-state index in [4.69, 9.17) is 11.6 Å². The van der Waals surface area contributed by atoms with Crippen molar-refractivity contribution in [1.29, 1.82) is 0 Å². The largest absolute Gasteiger partial charge is 0.280 e. The van der Waals surface area contributed by atoms with Gasteiger partial charge in [0.15, 0.2) is 0 Å². The second-order valence-electron chi connectivity index (χ2n) is 6.38. The molecule has 0 saturated carbocycles. The predicted molar refractivity (Wildman–Crippen MR) is 110 cm³/mol. The Kier molecular flexibility index (Phi) is 4.89. The number of benzene rings is 1. The van der Waals surface area contributed by atoms with E-state index < -0.39 is 21.8 Å². The average Bonchev–Trinajstić information content (AvgIpc) is 3.25. The molecule has 1 aliphatic heterocycles. The van der Waals surface area contributed by atoms with Crippen molar-refractivity contribution in [1.82, 2.24) is 9.88 Å². The summed E-state index contributed by atoms with van der Waals surface area (Å²) in [5, 5.41) is 0.416. The Morgan fingerprint density at radius 2 is 1.93 bits per heavy atom. The summed E-state index contributed by atoms with van der Waals surface area (Å²) in [7, 11) is -3.84. The number of aromatic nitrogens is 1. The summed E-state index contributed by atoms with van der Waals surface area (Å²) in [4.78, 5) is 30.5. The maximum Gasteiger partial charge on any atom is 0.280 e. The zero-order chi connectivity index (χ0) is 20.8. The Morgan fingerprint density at radius 1 is 1.14 bits per heavy atom. The van der Waals surface area contributed by atoms with E-state index in [1.165, 1.54) is 18.3 Å². The molecule has 0 radical (unpaired) electrons. The van der Waals surface area contributed by atoms with E-state index in [0.717, 1.165) is 21.8 Å². The first kappa shape index (κ1) is 19.6. The van der Waals surface area contributed by atoms with Gasteiger partial charge in [0.1, 0.15) is 9.90 Å². The van der Waals surface area contributed by atoms with Crippen LogP contribution in [-0.4, -0.2) is 30.1 Å². The third-order valence-electron chi connectivity index (χ3n) is 4.39. The van der Waals surface area contributed by atoms with Gasteiger partial charge in [-0.1, -0.05) is 17.7 Å². The van der Waals surface area contributed by atoms with E-state index in [2.05, 4.69) is 9.71 Å². The first-order valence-corrected chi connectivity index (χ1v) is 11.1. The van der Waals surface area contributed by atoms with Gasteiger partial charge in [0, 0.05) is 16.1 Å². The van der Waals surface area contributed by atoms with Gasteiger partial charge in [-0.2, -0.15) is 0 Å². The number of hydrogen-bond donors (Lipinski definition) is 1. The Morgan fingerprint density at radius 3 is 2.69 bits per heavy atom. The highest BCUT2D eigenvalue weighted by Crippen LogP contribution is 2.29. The summed E-state index contributed by atoms with van der Waals surface area (Å²) >= 11 is 6.94. The summed E-state index contributed by atoms with van der Waals surface area (Å²) in [6, 6.07) is 11.1. The minimum Gasteiger partial charge on any atom is -0.279 e. The number of sulfonamides is 1. The average molecular weight is 448 g/mol. The number of aryl methyl sites for hydroxylation is 1. The zero-order valence-corrected chi connectivity index (χ0v) is 17.4. The third-order valence-corrected chi connectivity index (χ3v) is 7.55. The van der Waals surface area contributed by atoms with E-state index in [0.29, 0.717) is 15.6 Å². The van der Waals surface area contributed by atoms with Crippen molar-refractivity contribution >= 4 is 50.5 Å². The molecule has 0 bridgehead atoms. The van der Waals surface area contributed by atoms with Gasteiger partial charge in [-0.25, -0.2) is 8.42 Å². The van der Waals surface area contributed by atoms with E-state index >= 15 is 0 Å². The summed E-state index contributed by atoms with van der Waals surface area (Å²) in [5.41, 5.74) is 1.48. The highest BCUT2D eigenvalue weighted by atomic mass is 35.5. The molecule has 148 valence electrons. The highest BCUT2D eigenvalue weighted by Gasteiger charge is 2.36. The van der Waals surface area contributed by atoms with Crippen LogP contribution < -0.4 is 4.72 Å². The molecule has 2 aromatic heterocycles. The Hall–Kier alpha value is -2.75. The predicted octanol–water partition coefficient (Wildman–Crippen LogP) is 3.70. The molecule has 1 aromatic carbocycles. The number of rotatable bonds is 5. The van der Waals surface area contributed by atoms with Crippen molar-refractivity contribution in [3.8, 4) is 0 Å². The number of carbonyl (C=O) groups excluding carboxylic acids is 2. The smallest absolute Gasteiger partial charge is 0.279 e. The van der Waals surface area contributed by atoms with Gasteiger partial charge in [0.25, 0.3) is 21.8 Å². The molecule has 0 saturated heterocycles. The molecular formula is C19H14ClN3O4S2. The second-order valence-corrected chi connectivity index (χ2v) is 9.90. The SMILES string of the molecule is Cc1ccc(Cl)cc1NS(=O)(=O)c1ccc(CN2C(=O)c3cccnc3C2=O)s1. The first-order valence-electron chi connectivity index (χ1n) is 8.45. The molecule has 0 unspecified atom stereocenters. The van der Waals surface area contributed by atoms with Crippen molar-refractivity contribution in [2.45, 2.75) is 17.7 Å². The van der Waals surface area contributed by atoms with E-state index in [-0.39, 0.29) is 22.0 Å². The number of hydrogen-bond acceptors (Lipinski definition) is 6. The van der Waals surface area contributed by atoms with Crippen LogP contribution in [0.1, 0.15) is 31.3 Å². The van der Waals surface area contributed by atoms with Crippen LogP contribution in [0.25, 0.3) is 0 Å². The van der Waals surface area contributed by atoms with Gasteiger partial charge >= 0.3 is 0 Å². The molecule has 2 amide bonds. The molecule has 0 spiro atoms. The topological polar surface area (TPSA) is 96.4 Å². The molecule has 1 aliphatic rings. The number of anilines is 1. The van der Waals surface area contributed by atoms with E-state index in [1.807, 2.05) is 0 Å². The normalized spacial score (nSPS) is 13.7. The summed E-state index contributed by atoms with van der Waals surface area (Å²) in [6.07, 6.45) is 1.45. The van der Waals surface area contributed by atoms with Crippen molar-refractivity contribution in [2.24, 2.45) is 0 Å². The molecule has 3 heterocycles. The maximum atomic E-state index is 12.7. The lowest BCUT2D eigenvalue weighted by Gasteiger charge is -2.12. The monoisotopic (exact) mass is 447 g/mol. The number of imide groups is 1. The van der Waals surface area contributed by atoms with Gasteiger partial charge in [0.05, 0.1) is 17.8 Å². The van der Waals surface area contributed by atoms with Crippen LogP contribution in [0.4, 0.5) is 5.69 Å². The number of halogens is 1. The molecule has 7 nitrogen and oxygen atoms in total. The number of pyridine rings is 1. The van der Waals surface area contributed by atoms with Crippen molar-refractivity contribution in [2.75, 3.05) is 4.72 Å². The number of nitrogens with one attached hydrogen (secondary N) is 1. The van der Waals surface area contributed by atoms with Crippen LogP contribution in [-0.2, 0) is 16.6 Å². The lowest BCUT2D eigenvalue weighted by Crippen LogP contribution is -2.28. The fraction of sp³-hybridized carbons (Fsp3) is 0.105. The van der Waals surface area contributed by atoms with Crippen LogP contribution in [0, 0.1) is 6.92 Å². The van der Waals surface area contributed by atoms with Crippen LogP contribution in [0.2, 0.25) is 5.02 Å². The third kappa shape index (κ3) is 3.64. The lowest BCUT2D eigenvalue weighted by molar-refractivity contribution is 0.0642. The van der Waals surface area contributed by atoms with Crippen molar-refractivity contribution in [3.63, 3.8) is 0 Å². The number of amides is 2. The van der Waals surface area contributed by atoms with E-state index in [1.54, 1.807) is 37.3 Å². The Balaban J connectivity index is 1.55. The van der Waals surface area contributed by atoms with Crippen molar-refractivity contribution in [3.05, 3.63) is 75.4 Å². The van der Waals surface area contributed by atoms with Gasteiger partial charge in [-0.05, 0) is 48.9 Å². The summed E-state index contributed by atoms with van der Waals surface area (Å²) in [6.45, 7) is 1.74. The fourth-order valence-corrected chi connectivity index (χ4v) is 5.54. The quantitative estimate of drug-likeness (QED) is 0.601. The van der Waals surface area contributed by atoms with Gasteiger partial charge in [-0.15, -0.1) is 11.3 Å².